The van der Waals surface area contributed by atoms with Crippen molar-refractivity contribution in [2.45, 2.75) is 38.1 Å². The number of carbonyl (C=O) groups excluding carboxylic acids is 2. The number of rotatable bonds is 7. The van der Waals surface area contributed by atoms with Crippen LogP contribution < -0.4 is 5.32 Å². The smallest absolute Gasteiger partial charge is 0.258 e. The zero-order valence-corrected chi connectivity index (χ0v) is 21.7. The molecule has 0 spiro atoms. The Labute approximate surface area is 222 Å². The lowest BCUT2D eigenvalue weighted by atomic mass is 10.0. The number of nitrogens with zero attached hydrogens (tertiary/aromatic N) is 6. The molecule has 0 atom stereocenters. The fraction of sp³-hybridized carbons (Fsp3) is 0.464. The first-order chi connectivity index (χ1) is 18.6. The van der Waals surface area contributed by atoms with Crippen molar-refractivity contribution in [1.82, 2.24) is 24.3 Å². The molecule has 2 aliphatic heterocycles. The number of aromatic nitrogens is 3. The molecule has 10 nitrogen and oxygen atoms in total. The second-order valence-corrected chi connectivity index (χ2v) is 9.94. The molecule has 4 heterocycles. The topological polar surface area (TPSA) is 116 Å². The minimum atomic E-state index is -0.346. The van der Waals surface area contributed by atoms with Gasteiger partial charge in [0.05, 0.1) is 23.8 Å². The van der Waals surface area contributed by atoms with E-state index in [1.807, 2.05) is 9.47 Å². The minimum absolute atomic E-state index is 0.0287. The van der Waals surface area contributed by atoms with Gasteiger partial charge in [-0.15, -0.1) is 0 Å². The van der Waals surface area contributed by atoms with Gasteiger partial charge in [0, 0.05) is 57.6 Å². The van der Waals surface area contributed by atoms with Crippen LogP contribution in [-0.2, 0) is 4.74 Å². The van der Waals surface area contributed by atoms with Gasteiger partial charge in [0.1, 0.15) is 5.52 Å². The predicted molar refractivity (Wildman–Crippen MR) is 143 cm³/mol. The molecular formula is C28H33N7O3. The Balaban J connectivity index is 1.46. The molecule has 0 radical (unpaired) electrons. The quantitative estimate of drug-likeness (QED) is 0.512. The molecule has 0 bridgehead atoms. The number of piperidine rings is 2. The zero-order valence-electron chi connectivity index (χ0n) is 21.7. The zero-order chi connectivity index (χ0) is 26.5. The van der Waals surface area contributed by atoms with E-state index in [0.29, 0.717) is 40.4 Å². The maximum Gasteiger partial charge on any atom is 0.258 e. The summed E-state index contributed by atoms with van der Waals surface area (Å²) in [5.41, 5.74) is 2.54. The Morgan fingerprint density at radius 1 is 1.11 bits per heavy atom. The van der Waals surface area contributed by atoms with Crippen molar-refractivity contribution in [2.75, 3.05) is 51.8 Å². The van der Waals surface area contributed by atoms with Gasteiger partial charge in [-0.1, -0.05) is 6.07 Å². The number of anilines is 1. The van der Waals surface area contributed by atoms with Crippen LogP contribution in [0.2, 0.25) is 0 Å². The lowest BCUT2D eigenvalue weighted by molar-refractivity contribution is 0.0724. The number of likely N-dealkylation sites (tertiary alicyclic amines) is 2. The van der Waals surface area contributed by atoms with Crippen molar-refractivity contribution in [1.29, 1.82) is 5.26 Å². The van der Waals surface area contributed by atoms with E-state index >= 15 is 0 Å². The number of carbonyl (C=O) groups is 2. The van der Waals surface area contributed by atoms with E-state index in [1.54, 1.807) is 43.6 Å². The van der Waals surface area contributed by atoms with Crippen LogP contribution in [0.25, 0.3) is 11.2 Å². The minimum Gasteiger partial charge on any atom is -0.383 e. The van der Waals surface area contributed by atoms with Crippen molar-refractivity contribution in [2.24, 2.45) is 0 Å². The highest BCUT2D eigenvalue weighted by atomic mass is 16.5. The molecule has 2 saturated heterocycles. The lowest BCUT2D eigenvalue weighted by Crippen LogP contribution is -2.37. The molecule has 38 heavy (non-hydrogen) atoms. The van der Waals surface area contributed by atoms with Gasteiger partial charge < -0.3 is 14.5 Å². The van der Waals surface area contributed by atoms with E-state index in [9.17, 15) is 14.9 Å². The largest absolute Gasteiger partial charge is 0.383 e. The average Bonchev–Trinajstić information content (AvgIpc) is 3.33. The number of nitriles is 1. The van der Waals surface area contributed by atoms with Gasteiger partial charge in [0.15, 0.2) is 5.65 Å². The summed E-state index contributed by atoms with van der Waals surface area (Å²) >= 11 is 0. The van der Waals surface area contributed by atoms with Crippen molar-refractivity contribution >= 4 is 28.9 Å². The number of amides is 2. The van der Waals surface area contributed by atoms with E-state index in [-0.39, 0.29) is 17.9 Å². The number of benzene rings is 1. The van der Waals surface area contributed by atoms with Gasteiger partial charge in [-0.2, -0.15) is 5.26 Å². The van der Waals surface area contributed by atoms with Gasteiger partial charge in [-0.25, -0.2) is 9.97 Å². The summed E-state index contributed by atoms with van der Waals surface area (Å²) in [5, 5.41) is 12.2. The van der Waals surface area contributed by atoms with Crippen molar-refractivity contribution in [3.8, 4) is 6.07 Å². The number of hydrogen-bond donors (Lipinski definition) is 1. The van der Waals surface area contributed by atoms with E-state index in [0.717, 1.165) is 64.8 Å². The Morgan fingerprint density at radius 2 is 1.89 bits per heavy atom. The van der Waals surface area contributed by atoms with Crippen molar-refractivity contribution < 1.29 is 14.3 Å². The highest BCUT2D eigenvalue weighted by molar-refractivity contribution is 6.04. The molecule has 0 unspecified atom stereocenters. The van der Waals surface area contributed by atoms with E-state index < -0.39 is 0 Å². The number of ether oxygens (including phenoxy) is 1. The molecule has 1 aromatic carbocycles. The molecule has 2 aromatic heterocycles. The summed E-state index contributed by atoms with van der Waals surface area (Å²) in [5.74, 6) is 0.0255. The summed E-state index contributed by atoms with van der Waals surface area (Å²) in [6.45, 7) is 4.89. The third kappa shape index (κ3) is 5.54. The Bertz CT molecular complexity index is 1350. The third-order valence-corrected chi connectivity index (χ3v) is 7.43. The Morgan fingerprint density at radius 3 is 2.63 bits per heavy atom. The monoisotopic (exact) mass is 515 g/mol. The standard InChI is InChI=1S/C28H33N7O3/c1-38-15-14-33-12-8-23(9-13-33)35-25-24(17-22(19-30-25)27(37)34-10-3-2-4-11-34)31-28(35)32-26(36)21-7-5-6-20(16-21)18-29/h5-7,16-17,19,23H,2-4,8-15H2,1H3,(H,31,32,36). The SMILES string of the molecule is COCCN1CCC(n2c(NC(=O)c3cccc(C#N)c3)nc3cc(C(=O)N4CCCCC4)cnc32)CC1. The molecule has 198 valence electrons. The lowest BCUT2D eigenvalue weighted by Gasteiger charge is -2.33. The molecule has 2 aliphatic rings. The molecule has 5 rings (SSSR count). The third-order valence-electron chi connectivity index (χ3n) is 7.43. The first kappa shape index (κ1) is 25.8. The second-order valence-electron chi connectivity index (χ2n) is 9.94. The molecule has 1 N–H and O–H groups in total. The first-order valence-corrected chi connectivity index (χ1v) is 13.3. The molecule has 0 saturated carbocycles. The first-order valence-electron chi connectivity index (χ1n) is 13.3. The summed E-state index contributed by atoms with van der Waals surface area (Å²) in [6.07, 6.45) is 6.56. The highest BCUT2D eigenvalue weighted by Gasteiger charge is 2.27. The number of nitrogens with one attached hydrogen (secondary N) is 1. The van der Waals surface area contributed by atoms with Crippen molar-refractivity contribution in [3.63, 3.8) is 0 Å². The molecule has 2 fully saturated rings. The Kier molecular flexibility index (Phi) is 7.96. The van der Waals surface area contributed by atoms with Gasteiger partial charge in [0.25, 0.3) is 11.8 Å². The predicted octanol–water partition coefficient (Wildman–Crippen LogP) is 3.46. The normalized spacial score (nSPS) is 16.9. The van der Waals surface area contributed by atoms with Gasteiger partial charge >= 0.3 is 0 Å². The van der Waals surface area contributed by atoms with Gasteiger partial charge in [-0.3, -0.25) is 19.5 Å². The number of methoxy groups -OCH3 is 1. The molecular weight excluding hydrogens is 482 g/mol. The second kappa shape index (κ2) is 11.7. The molecule has 2 amide bonds. The van der Waals surface area contributed by atoms with Gasteiger partial charge in [0.2, 0.25) is 5.95 Å². The highest BCUT2D eigenvalue weighted by Crippen LogP contribution is 2.31. The molecule has 3 aromatic rings. The fourth-order valence-electron chi connectivity index (χ4n) is 5.34. The summed E-state index contributed by atoms with van der Waals surface area (Å²) in [7, 11) is 1.71. The van der Waals surface area contributed by atoms with E-state index in [2.05, 4.69) is 16.3 Å². The number of pyridine rings is 1. The number of imidazole rings is 1. The van der Waals surface area contributed by atoms with Gasteiger partial charge in [-0.05, 0) is 56.4 Å². The van der Waals surface area contributed by atoms with E-state index in [4.69, 9.17) is 14.7 Å². The summed E-state index contributed by atoms with van der Waals surface area (Å²) < 4.78 is 7.24. The summed E-state index contributed by atoms with van der Waals surface area (Å²) in [4.78, 5) is 40.0. The van der Waals surface area contributed by atoms with Crippen LogP contribution in [0.5, 0.6) is 0 Å². The van der Waals surface area contributed by atoms with Crippen LogP contribution in [0.15, 0.2) is 36.5 Å². The van der Waals surface area contributed by atoms with Crippen LogP contribution in [0.1, 0.15) is 64.4 Å². The van der Waals surface area contributed by atoms with Crippen LogP contribution in [0, 0.1) is 11.3 Å². The molecule has 0 aliphatic carbocycles. The maximum absolute atomic E-state index is 13.2. The molecule has 10 heteroatoms. The summed E-state index contributed by atoms with van der Waals surface area (Å²) in [6, 6.07) is 10.5. The fourth-order valence-corrected chi connectivity index (χ4v) is 5.34. The van der Waals surface area contributed by atoms with Crippen molar-refractivity contribution in [3.05, 3.63) is 53.2 Å². The number of hydrogen-bond acceptors (Lipinski definition) is 7. The van der Waals surface area contributed by atoms with Crippen LogP contribution >= 0.6 is 0 Å². The van der Waals surface area contributed by atoms with Crippen LogP contribution in [-0.4, -0.2) is 82.6 Å². The van der Waals surface area contributed by atoms with Crippen LogP contribution in [0.4, 0.5) is 5.95 Å². The van der Waals surface area contributed by atoms with Crippen LogP contribution in [0.3, 0.4) is 0 Å². The maximum atomic E-state index is 13.2. The number of fused-ring (bicyclic) bond motifs is 1. The Hall–Kier alpha value is -3.81. The average molecular weight is 516 g/mol. The van der Waals surface area contributed by atoms with E-state index in [1.165, 1.54) is 0 Å².